The zero-order chi connectivity index (χ0) is 12.1. The van der Waals surface area contributed by atoms with Crippen molar-refractivity contribution in [2.45, 2.75) is 45.3 Å². The third-order valence-electron chi connectivity index (χ3n) is 1.60. The van der Waals surface area contributed by atoms with Gasteiger partial charge in [0, 0.05) is 6.42 Å². The quantitative estimate of drug-likeness (QED) is 0.757. The summed E-state index contributed by atoms with van der Waals surface area (Å²) in [5.74, 6) is -0.875. The second kappa shape index (κ2) is 7.46. The van der Waals surface area contributed by atoms with E-state index in [1.807, 2.05) is 0 Å². The van der Waals surface area contributed by atoms with Crippen LogP contribution in [0.1, 0.15) is 33.6 Å². The van der Waals surface area contributed by atoms with Crippen molar-refractivity contribution in [2.75, 3.05) is 7.11 Å². The van der Waals surface area contributed by atoms with Gasteiger partial charge >= 0.3 is 11.9 Å². The Labute approximate surface area is 102 Å². The summed E-state index contributed by atoms with van der Waals surface area (Å²) in [6.45, 7) is 5.29. The van der Waals surface area contributed by atoms with Crippen LogP contribution in [-0.4, -0.2) is 30.7 Å². The van der Waals surface area contributed by atoms with E-state index < -0.39 is 17.6 Å². The number of hydrogen-bond donors (Lipinski definition) is 1. The van der Waals surface area contributed by atoms with Gasteiger partial charge in [0.05, 0.1) is 7.11 Å². The van der Waals surface area contributed by atoms with Crippen LogP contribution in [0.4, 0.5) is 0 Å². The molecule has 0 saturated heterocycles. The normalized spacial score (nSPS) is 12.3. The Balaban J connectivity index is 0. The van der Waals surface area contributed by atoms with Crippen LogP contribution in [0.15, 0.2) is 0 Å². The Kier molecular flexibility index (Phi) is 8.20. The van der Waals surface area contributed by atoms with Crippen LogP contribution in [0.25, 0.3) is 0 Å². The lowest BCUT2D eigenvalue weighted by molar-refractivity contribution is -0.156. The van der Waals surface area contributed by atoms with Crippen molar-refractivity contribution < 1.29 is 19.1 Å². The Hall–Kier alpha value is -0.810. The number of rotatable bonds is 4. The molecule has 0 heterocycles. The Morgan fingerprint density at radius 3 is 2.19 bits per heavy atom. The van der Waals surface area contributed by atoms with E-state index in [9.17, 15) is 9.59 Å². The lowest BCUT2D eigenvalue weighted by Gasteiger charge is -2.21. The first-order valence-electron chi connectivity index (χ1n) is 4.81. The second-order valence-electron chi connectivity index (χ2n) is 4.25. The number of esters is 2. The summed E-state index contributed by atoms with van der Waals surface area (Å²) < 4.78 is 9.48. The lowest BCUT2D eigenvalue weighted by atomic mass is 10.1. The first-order valence-corrected chi connectivity index (χ1v) is 4.81. The summed E-state index contributed by atoms with van der Waals surface area (Å²) in [4.78, 5) is 22.2. The molecule has 2 N–H and O–H groups in total. The highest BCUT2D eigenvalue weighted by Crippen LogP contribution is 2.09. The summed E-state index contributed by atoms with van der Waals surface area (Å²) in [5.41, 5.74) is 4.99. The van der Waals surface area contributed by atoms with Crippen LogP contribution in [0, 0.1) is 0 Å². The highest BCUT2D eigenvalue weighted by molar-refractivity contribution is 5.85. The molecule has 0 rings (SSSR count). The highest BCUT2D eigenvalue weighted by atomic mass is 35.5. The largest absolute Gasteiger partial charge is 0.469 e. The molecule has 0 amide bonds. The molecule has 5 nitrogen and oxygen atoms in total. The smallest absolute Gasteiger partial charge is 0.323 e. The standard InChI is InChI=1S/C10H19NO4.ClH/c1-10(2,3)15-9(13)7(11)5-6-8(12)14-4;/h7H,5-6,11H2,1-4H3;1H/t7-;/m0./s1. The second-order valence-corrected chi connectivity index (χ2v) is 4.25. The summed E-state index contributed by atoms with van der Waals surface area (Å²) in [5, 5.41) is 0. The van der Waals surface area contributed by atoms with E-state index in [1.54, 1.807) is 20.8 Å². The Morgan fingerprint density at radius 1 is 1.31 bits per heavy atom. The van der Waals surface area contributed by atoms with E-state index in [0.29, 0.717) is 0 Å². The van der Waals surface area contributed by atoms with E-state index in [1.165, 1.54) is 7.11 Å². The molecule has 0 aliphatic carbocycles. The molecule has 1 atom stereocenters. The predicted octanol–water partition coefficient (Wildman–Crippen LogP) is 1.03. The third kappa shape index (κ3) is 8.49. The predicted molar refractivity (Wildman–Crippen MR) is 62.3 cm³/mol. The fraction of sp³-hybridized carbons (Fsp3) is 0.800. The number of hydrogen-bond acceptors (Lipinski definition) is 5. The molecule has 0 aliphatic rings. The van der Waals surface area contributed by atoms with Gasteiger partial charge in [-0.1, -0.05) is 0 Å². The van der Waals surface area contributed by atoms with Crippen molar-refractivity contribution in [3.05, 3.63) is 0 Å². The molecule has 0 radical (unpaired) electrons. The summed E-state index contributed by atoms with van der Waals surface area (Å²) in [6.07, 6.45) is 0.360. The molecular formula is C10H20ClNO4. The molecule has 6 heteroatoms. The minimum absolute atomic E-state index is 0. The maximum atomic E-state index is 11.4. The topological polar surface area (TPSA) is 78.6 Å². The van der Waals surface area contributed by atoms with Crippen molar-refractivity contribution in [3.8, 4) is 0 Å². The van der Waals surface area contributed by atoms with Crippen LogP contribution in [0.2, 0.25) is 0 Å². The van der Waals surface area contributed by atoms with Crippen molar-refractivity contribution >= 4 is 24.3 Å². The molecular weight excluding hydrogens is 234 g/mol. The van der Waals surface area contributed by atoms with Gasteiger partial charge in [0.25, 0.3) is 0 Å². The third-order valence-corrected chi connectivity index (χ3v) is 1.60. The maximum Gasteiger partial charge on any atom is 0.323 e. The SMILES string of the molecule is COC(=O)CC[C@H](N)C(=O)OC(C)(C)C.Cl. The molecule has 16 heavy (non-hydrogen) atoms. The average molecular weight is 254 g/mol. The van der Waals surface area contributed by atoms with Gasteiger partial charge in [0.15, 0.2) is 0 Å². The minimum atomic E-state index is -0.775. The molecule has 0 fully saturated rings. The highest BCUT2D eigenvalue weighted by Gasteiger charge is 2.22. The number of methoxy groups -OCH3 is 1. The number of nitrogens with two attached hydrogens (primary N) is 1. The van der Waals surface area contributed by atoms with Crippen LogP contribution < -0.4 is 5.73 Å². The van der Waals surface area contributed by atoms with E-state index in [-0.39, 0.29) is 31.2 Å². The molecule has 96 valence electrons. The van der Waals surface area contributed by atoms with Crippen molar-refractivity contribution in [2.24, 2.45) is 5.73 Å². The Bertz CT molecular complexity index is 237. The first-order chi connectivity index (χ1) is 6.76. The fourth-order valence-electron chi connectivity index (χ4n) is 0.871. The van der Waals surface area contributed by atoms with E-state index in [4.69, 9.17) is 10.5 Å². The van der Waals surface area contributed by atoms with Crippen LogP contribution >= 0.6 is 12.4 Å². The van der Waals surface area contributed by atoms with Gasteiger partial charge in [-0.2, -0.15) is 0 Å². The minimum Gasteiger partial charge on any atom is -0.469 e. The van der Waals surface area contributed by atoms with Crippen molar-refractivity contribution in [1.29, 1.82) is 0 Å². The monoisotopic (exact) mass is 253 g/mol. The number of carbonyl (C=O) groups excluding carboxylic acids is 2. The van der Waals surface area contributed by atoms with Crippen LogP contribution in [0.3, 0.4) is 0 Å². The zero-order valence-electron chi connectivity index (χ0n) is 10.1. The van der Waals surface area contributed by atoms with E-state index in [2.05, 4.69) is 4.74 Å². The molecule has 0 unspecified atom stereocenters. The summed E-state index contributed by atoms with van der Waals surface area (Å²) in [6, 6.07) is -0.775. The van der Waals surface area contributed by atoms with Crippen molar-refractivity contribution in [3.63, 3.8) is 0 Å². The van der Waals surface area contributed by atoms with Gasteiger partial charge in [0.2, 0.25) is 0 Å². The van der Waals surface area contributed by atoms with Crippen LogP contribution in [-0.2, 0) is 19.1 Å². The average Bonchev–Trinajstić information content (AvgIpc) is 2.10. The van der Waals surface area contributed by atoms with Gasteiger partial charge in [-0.3, -0.25) is 9.59 Å². The van der Waals surface area contributed by atoms with Gasteiger partial charge in [-0.25, -0.2) is 0 Å². The fourth-order valence-corrected chi connectivity index (χ4v) is 0.871. The number of halogens is 1. The number of carbonyl (C=O) groups is 2. The lowest BCUT2D eigenvalue weighted by Crippen LogP contribution is -2.37. The molecule has 0 bridgehead atoms. The molecule has 0 aromatic rings. The summed E-state index contributed by atoms with van der Waals surface area (Å²) in [7, 11) is 1.29. The van der Waals surface area contributed by atoms with Crippen LogP contribution in [0.5, 0.6) is 0 Å². The molecule has 0 aromatic carbocycles. The number of ether oxygens (including phenoxy) is 2. The van der Waals surface area contributed by atoms with E-state index in [0.717, 1.165) is 0 Å². The van der Waals surface area contributed by atoms with Gasteiger partial charge in [0.1, 0.15) is 11.6 Å². The summed E-state index contributed by atoms with van der Waals surface area (Å²) >= 11 is 0. The van der Waals surface area contributed by atoms with Crippen molar-refractivity contribution in [1.82, 2.24) is 0 Å². The zero-order valence-corrected chi connectivity index (χ0v) is 10.9. The first kappa shape index (κ1) is 17.6. The molecule has 0 spiro atoms. The molecule has 0 aliphatic heterocycles. The van der Waals surface area contributed by atoms with Gasteiger partial charge in [-0.15, -0.1) is 12.4 Å². The maximum absolute atomic E-state index is 11.4. The van der Waals surface area contributed by atoms with Gasteiger partial charge < -0.3 is 15.2 Å². The van der Waals surface area contributed by atoms with Gasteiger partial charge in [-0.05, 0) is 27.2 Å². The Morgan fingerprint density at radius 2 is 1.81 bits per heavy atom. The molecule has 0 saturated carbocycles. The molecule has 0 aromatic heterocycles. The van der Waals surface area contributed by atoms with E-state index >= 15 is 0 Å².